The summed E-state index contributed by atoms with van der Waals surface area (Å²) >= 11 is 0. The second-order valence-electron chi connectivity index (χ2n) is 5.51. The number of aryl methyl sites for hydroxylation is 1. The van der Waals surface area contributed by atoms with E-state index >= 15 is 0 Å². The number of nitrogens with zero attached hydrogens (tertiary/aromatic N) is 2. The molecule has 0 aliphatic carbocycles. The molecule has 2 heterocycles. The van der Waals surface area contributed by atoms with Gasteiger partial charge in [0.1, 0.15) is 0 Å². The Kier molecular flexibility index (Phi) is 7.02. The predicted octanol–water partition coefficient (Wildman–Crippen LogP) is 1.48. The maximum Gasteiger partial charge on any atom is 0.220 e. The van der Waals surface area contributed by atoms with Gasteiger partial charge >= 0.3 is 0 Å². The lowest BCUT2D eigenvalue weighted by Crippen LogP contribution is -2.35. The van der Waals surface area contributed by atoms with Gasteiger partial charge < -0.3 is 10.6 Å². The van der Waals surface area contributed by atoms with Crippen LogP contribution >= 0.6 is 12.4 Å². The molecule has 0 radical (unpaired) electrons. The number of aromatic nitrogens is 2. The van der Waals surface area contributed by atoms with Crippen LogP contribution in [0.1, 0.15) is 31.9 Å². The third-order valence-electron chi connectivity index (χ3n) is 4.04. The average molecular weight is 301 g/mol. The van der Waals surface area contributed by atoms with Crippen molar-refractivity contribution < 1.29 is 4.79 Å². The first-order chi connectivity index (χ1) is 9.16. The molecule has 0 spiro atoms. The molecule has 1 aromatic rings. The molecule has 1 saturated heterocycles. The van der Waals surface area contributed by atoms with E-state index in [-0.39, 0.29) is 18.3 Å². The van der Waals surface area contributed by atoms with E-state index in [1.165, 1.54) is 12.8 Å². The van der Waals surface area contributed by atoms with Gasteiger partial charge in [-0.1, -0.05) is 6.92 Å². The summed E-state index contributed by atoms with van der Waals surface area (Å²) in [5.74, 6) is 1.22. The number of hydrogen-bond donors (Lipinski definition) is 2. The molecule has 114 valence electrons. The molecule has 1 amide bonds. The molecule has 2 rings (SSSR count). The van der Waals surface area contributed by atoms with Gasteiger partial charge in [0, 0.05) is 19.7 Å². The number of nitrogens with one attached hydrogen (secondary N) is 2. The Balaban J connectivity index is 0.00000200. The second kappa shape index (κ2) is 8.27. The molecule has 2 atom stereocenters. The van der Waals surface area contributed by atoms with Crippen molar-refractivity contribution in [2.75, 3.05) is 13.1 Å². The van der Waals surface area contributed by atoms with Crippen LogP contribution in [0.2, 0.25) is 0 Å². The fourth-order valence-corrected chi connectivity index (χ4v) is 2.66. The molecule has 0 bridgehead atoms. The molecular formula is C14H25ClN4O. The Morgan fingerprint density at radius 3 is 3.05 bits per heavy atom. The van der Waals surface area contributed by atoms with E-state index in [2.05, 4.69) is 22.7 Å². The molecule has 1 aliphatic rings. The lowest BCUT2D eigenvalue weighted by molar-refractivity contribution is -0.122. The summed E-state index contributed by atoms with van der Waals surface area (Å²) in [4.78, 5) is 11.9. The molecule has 1 aromatic heterocycles. The van der Waals surface area contributed by atoms with Gasteiger partial charge in [0.2, 0.25) is 5.91 Å². The Hall–Kier alpha value is -1.07. The Morgan fingerprint density at radius 2 is 2.45 bits per heavy atom. The van der Waals surface area contributed by atoms with Gasteiger partial charge in [0.25, 0.3) is 0 Å². The van der Waals surface area contributed by atoms with Crippen molar-refractivity contribution in [3.05, 3.63) is 18.0 Å². The van der Waals surface area contributed by atoms with E-state index in [9.17, 15) is 4.79 Å². The molecule has 5 nitrogen and oxygen atoms in total. The largest absolute Gasteiger partial charge is 0.350 e. The highest BCUT2D eigenvalue weighted by Gasteiger charge is 2.21. The van der Waals surface area contributed by atoms with E-state index in [0.717, 1.165) is 18.8 Å². The van der Waals surface area contributed by atoms with E-state index in [1.54, 1.807) is 10.9 Å². The Bertz CT molecular complexity index is 415. The minimum Gasteiger partial charge on any atom is -0.350 e. The van der Waals surface area contributed by atoms with Crippen LogP contribution in [-0.2, 0) is 18.4 Å². The van der Waals surface area contributed by atoms with Gasteiger partial charge in [-0.2, -0.15) is 5.10 Å². The summed E-state index contributed by atoms with van der Waals surface area (Å²) in [7, 11) is 1.89. The zero-order valence-corrected chi connectivity index (χ0v) is 13.1. The first-order valence-corrected chi connectivity index (χ1v) is 7.11. The first kappa shape index (κ1) is 17.0. The van der Waals surface area contributed by atoms with Crippen LogP contribution in [0.5, 0.6) is 0 Å². The average Bonchev–Trinajstić information content (AvgIpc) is 2.83. The molecule has 6 heteroatoms. The summed E-state index contributed by atoms with van der Waals surface area (Å²) in [6, 6.07) is 1.93. The zero-order valence-electron chi connectivity index (χ0n) is 12.3. The number of piperidine rings is 1. The van der Waals surface area contributed by atoms with Crippen LogP contribution < -0.4 is 10.6 Å². The van der Waals surface area contributed by atoms with Crippen molar-refractivity contribution in [1.82, 2.24) is 20.4 Å². The van der Waals surface area contributed by atoms with E-state index in [4.69, 9.17) is 0 Å². The number of carbonyl (C=O) groups excluding carboxylic acids is 1. The normalized spacial score (nSPS) is 20.0. The Morgan fingerprint density at radius 1 is 1.65 bits per heavy atom. The molecular weight excluding hydrogens is 276 g/mol. The summed E-state index contributed by atoms with van der Waals surface area (Å²) < 4.78 is 1.79. The highest BCUT2D eigenvalue weighted by atomic mass is 35.5. The standard InChI is InChI=1S/C14H24N4O.ClH/c1-11(12-4-3-6-15-9-12)8-14(19)16-10-13-5-7-17-18(13)2;/h5,7,11-12,15H,3-4,6,8-10H2,1-2H3,(H,16,19);1H. The van der Waals surface area contributed by atoms with Crippen molar-refractivity contribution in [3.8, 4) is 0 Å². The predicted molar refractivity (Wildman–Crippen MR) is 81.7 cm³/mol. The fourth-order valence-electron chi connectivity index (χ4n) is 2.66. The van der Waals surface area contributed by atoms with Crippen molar-refractivity contribution >= 4 is 18.3 Å². The van der Waals surface area contributed by atoms with Crippen molar-refractivity contribution in [2.24, 2.45) is 18.9 Å². The van der Waals surface area contributed by atoms with Crippen molar-refractivity contribution in [2.45, 2.75) is 32.7 Å². The summed E-state index contributed by atoms with van der Waals surface area (Å²) in [5.41, 5.74) is 1.03. The van der Waals surface area contributed by atoms with Crippen molar-refractivity contribution in [3.63, 3.8) is 0 Å². The highest BCUT2D eigenvalue weighted by molar-refractivity contribution is 5.85. The molecule has 20 heavy (non-hydrogen) atoms. The van der Waals surface area contributed by atoms with Crippen LogP contribution in [0.15, 0.2) is 12.3 Å². The lowest BCUT2D eigenvalue weighted by atomic mass is 9.85. The number of rotatable bonds is 5. The summed E-state index contributed by atoms with van der Waals surface area (Å²) in [5, 5.41) is 10.5. The lowest BCUT2D eigenvalue weighted by Gasteiger charge is -2.28. The molecule has 1 fully saturated rings. The molecule has 1 aliphatic heterocycles. The van der Waals surface area contributed by atoms with Gasteiger partial charge in [-0.15, -0.1) is 12.4 Å². The Labute approximate surface area is 126 Å². The number of hydrogen-bond acceptors (Lipinski definition) is 3. The number of amides is 1. The minimum absolute atomic E-state index is 0. The van der Waals surface area contributed by atoms with Crippen LogP contribution in [-0.4, -0.2) is 28.8 Å². The third-order valence-corrected chi connectivity index (χ3v) is 4.04. The van der Waals surface area contributed by atoms with E-state index in [1.807, 2.05) is 13.1 Å². The zero-order chi connectivity index (χ0) is 13.7. The molecule has 2 unspecified atom stereocenters. The number of halogens is 1. The monoisotopic (exact) mass is 300 g/mol. The topological polar surface area (TPSA) is 59.0 Å². The van der Waals surface area contributed by atoms with Crippen LogP contribution in [0.3, 0.4) is 0 Å². The molecule has 0 saturated carbocycles. The smallest absolute Gasteiger partial charge is 0.220 e. The summed E-state index contributed by atoms with van der Waals surface area (Å²) in [6.07, 6.45) is 4.83. The van der Waals surface area contributed by atoms with Crippen LogP contribution in [0.25, 0.3) is 0 Å². The van der Waals surface area contributed by atoms with Gasteiger partial charge in [0.05, 0.1) is 12.2 Å². The van der Waals surface area contributed by atoms with Crippen LogP contribution in [0.4, 0.5) is 0 Å². The molecule has 2 N–H and O–H groups in total. The molecule has 0 aromatic carbocycles. The first-order valence-electron chi connectivity index (χ1n) is 7.11. The van der Waals surface area contributed by atoms with Gasteiger partial charge in [0.15, 0.2) is 0 Å². The van der Waals surface area contributed by atoms with E-state index in [0.29, 0.717) is 24.8 Å². The maximum absolute atomic E-state index is 11.9. The van der Waals surface area contributed by atoms with Gasteiger partial charge in [-0.25, -0.2) is 0 Å². The third kappa shape index (κ3) is 4.80. The maximum atomic E-state index is 11.9. The van der Waals surface area contributed by atoms with Gasteiger partial charge in [-0.3, -0.25) is 9.48 Å². The van der Waals surface area contributed by atoms with Crippen LogP contribution in [0, 0.1) is 11.8 Å². The van der Waals surface area contributed by atoms with Gasteiger partial charge in [-0.05, 0) is 43.8 Å². The quantitative estimate of drug-likeness (QED) is 0.866. The van der Waals surface area contributed by atoms with Crippen molar-refractivity contribution in [1.29, 1.82) is 0 Å². The minimum atomic E-state index is 0. The number of carbonyl (C=O) groups is 1. The SMILES string of the molecule is CC(CC(=O)NCc1ccnn1C)C1CCCNC1.Cl. The summed E-state index contributed by atoms with van der Waals surface area (Å²) in [6.45, 7) is 4.92. The fraction of sp³-hybridized carbons (Fsp3) is 0.714. The van der Waals surface area contributed by atoms with E-state index < -0.39 is 0 Å². The second-order valence-corrected chi connectivity index (χ2v) is 5.51. The highest BCUT2D eigenvalue weighted by Crippen LogP contribution is 2.22.